The molecule has 1 aliphatic heterocycles. The third-order valence-corrected chi connectivity index (χ3v) is 3.37. The van der Waals surface area contributed by atoms with Crippen LogP contribution in [0.15, 0.2) is 11.0 Å². The fourth-order valence-corrected chi connectivity index (χ4v) is 2.11. The van der Waals surface area contributed by atoms with Crippen molar-refractivity contribution >= 4 is 36.5 Å². The van der Waals surface area contributed by atoms with Crippen molar-refractivity contribution in [2.45, 2.75) is 32.0 Å². The first-order chi connectivity index (χ1) is 10.8. The summed E-state index contributed by atoms with van der Waals surface area (Å²) in [6, 6.07) is -0.232. The van der Waals surface area contributed by atoms with Crippen LogP contribution in [0.2, 0.25) is 0 Å². The SMILES string of the molecule is CF.[B]COP(O)O.[B][C@@H]1CCC(n2cc(C)c(=O)[nH]c2=S)O1. The van der Waals surface area contributed by atoms with Gasteiger partial charge in [0.25, 0.3) is 5.56 Å². The van der Waals surface area contributed by atoms with E-state index in [0.29, 0.717) is 17.5 Å². The first-order valence-corrected chi connectivity index (χ1v) is 8.04. The highest BCUT2D eigenvalue weighted by Gasteiger charge is 2.23. The fraction of sp³-hybridized carbons (Fsp3) is 0.636. The topological polar surface area (TPSA) is 96.7 Å². The van der Waals surface area contributed by atoms with Crippen molar-refractivity contribution in [1.29, 1.82) is 0 Å². The molecule has 1 aromatic rings. The first kappa shape index (κ1) is 22.4. The molecule has 0 aromatic carbocycles. The molecule has 2 atom stereocenters. The number of hydrogen-bond acceptors (Lipinski definition) is 6. The van der Waals surface area contributed by atoms with Gasteiger partial charge in [-0.05, 0) is 32.0 Å². The Hall–Kier alpha value is -0.570. The van der Waals surface area contributed by atoms with Gasteiger partial charge in [0.05, 0.1) is 7.18 Å². The second-order valence-corrected chi connectivity index (χ2v) is 5.38. The van der Waals surface area contributed by atoms with Crippen molar-refractivity contribution in [3.05, 3.63) is 26.9 Å². The summed E-state index contributed by atoms with van der Waals surface area (Å²) in [5.74, 6) is 0. The maximum Gasteiger partial charge on any atom is 0.326 e. The third-order valence-electron chi connectivity index (χ3n) is 2.68. The minimum atomic E-state index is -2.23. The quantitative estimate of drug-likeness (QED) is 0.421. The molecule has 2 heterocycles. The lowest BCUT2D eigenvalue weighted by molar-refractivity contribution is 0.0353. The second-order valence-electron chi connectivity index (χ2n) is 4.23. The summed E-state index contributed by atoms with van der Waals surface area (Å²) in [5, 5.41) is 0. The van der Waals surface area contributed by atoms with E-state index in [-0.39, 0.29) is 24.3 Å². The van der Waals surface area contributed by atoms with E-state index >= 15 is 0 Å². The molecule has 0 aliphatic carbocycles. The summed E-state index contributed by atoms with van der Waals surface area (Å²) in [7, 11) is 8.62. The molecule has 12 heteroatoms. The first-order valence-electron chi connectivity index (χ1n) is 6.47. The van der Waals surface area contributed by atoms with Crippen LogP contribution in [0.1, 0.15) is 24.6 Å². The second kappa shape index (κ2) is 11.9. The number of H-pyrrole nitrogens is 1. The molecule has 1 aromatic heterocycles. The Balaban J connectivity index is 0.000000515. The van der Waals surface area contributed by atoms with E-state index in [2.05, 4.69) is 9.51 Å². The van der Waals surface area contributed by atoms with Crippen LogP contribution in [0.5, 0.6) is 0 Å². The maximum atomic E-state index is 11.3. The molecule has 0 spiro atoms. The normalized spacial score (nSPS) is 19.6. The molecule has 126 valence electrons. The van der Waals surface area contributed by atoms with Crippen LogP contribution >= 0.6 is 20.8 Å². The standard InChI is InChI=1S/C9H11BN2O2S.CH4BO3P.CH3F/c1-5-4-12(9(15)11-8(5)13)7-3-2-6(10)14-7;2-1-5-6(3)4;1-2/h4,6-7H,2-3H2,1H3,(H,11,13,15);3-4H,1H2;1H3/t6-,7?;;/m0../s1. The van der Waals surface area contributed by atoms with Gasteiger partial charge in [0, 0.05) is 24.3 Å². The number of aromatic nitrogens is 2. The molecule has 23 heavy (non-hydrogen) atoms. The highest BCUT2D eigenvalue weighted by Crippen LogP contribution is 2.26. The third kappa shape index (κ3) is 8.19. The Morgan fingerprint density at radius 2 is 2.17 bits per heavy atom. The number of halogens is 1. The van der Waals surface area contributed by atoms with Crippen molar-refractivity contribution in [2.24, 2.45) is 0 Å². The van der Waals surface area contributed by atoms with E-state index in [1.54, 1.807) is 17.7 Å². The predicted molar refractivity (Wildman–Crippen MR) is 89.6 cm³/mol. The highest BCUT2D eigenvalue weighted by molar-refractivity contribution is 7.71. The fourth-order valence-electron chi connectivity index (χ4n) is 1.72. The molecule has 0 saturated carbocycles. The number of hydrogen-bond donors (Lipinski definition) is 3. The Bertz CT molecular complexity index is 574. The van der Waals surface area contributed by atoms with Gasteiger partial charge in [0.2, 0.25) is 0 Å². The molecule has 1 aliphatic rings. The van der Waals surface area contributed by atoms with Gasteiger partial charge in [-0.1, -0.05) is 0 Å². The van der Waals surface area contributed by atoms with Gasteiger partial charge < -0.3 is 19.0 Å². The van der Waals surface area contributed by atoms with E-state index in [1.807, 2.05) is 0 Å². The summed E-state index contributed by atoms with van der Waals surface area (Å²) >= 11 is 5.06. The lowest BCUT2D eigenvalue weighted by Crippen LogP contribution is -2.19. The molecule has 3 N–H and O–H groups in total. The van der Waals surface area contributed by atoms with Crippen LogP contribution < -0.4 is 5.56 Å². The van der Waals surface area contributed by atoms with Crippen molar-refractivity contribution in [2.75, 3.05) is 13.7 Å². The zero-order chi connectivity index (χ0) is 18.0. The number of alkyl halides is 1. The Morgan fingerprint density at radius 1 is 1.57 bits per heavy atom. The van der Waals surface area contributed by atoms with E-state index < -0.39 is 8.60 Å². The van der Waals surface area contributed by atoms with E-state index in [1.165, 1.54) is 0 Å². The number of nitrogens with one attached hydrogen (secondary N) is 1. The Kier molecular flexibility index (Phi) is 11.6. The lowest BCUT2D eigenvalue weighted by atomic mass is 9.98. The van der Waals surface area contributed by atoms with E-state index in [4.69, 9.17) is 42.4 Å². The zero-order valence-electron chi connectivity index (χ0n) is 12.8. The smallest absolute Gasteiger partial charge is 0.326 e. The summed E-state index contributed by atoms with van der Waals surface area (Å²) in [5.41, 5.74) is 0.464. The maximum absolute atomic E-state index is 11.3. The summed E-state index contributed by atoms with van der Waals surface area (Å²) in [6.07, 6.45) is 3.19. The average molecular weight is 362 g/mol. The highest BCUT2D eigenvalue weighted by atomic mass is 32.1. The zero-order valence-corrected chi connectivity index (χ0v) is 14.5. The molecule has 0 bridgehead atoms. The Labute approximate surface area is 142 Å². The van der Waals surface area contributed by atoms with Crippen LogP contribution in [0.4, 0.5) is 4.39 Å². The number of rotatable bonds is 3. The largest absolute Gasteiger partial charge is 0.365 e. The van der Waals surface area contributed by atoms with Gasteiger partial charge in [-0.15, -0.1) is 0 Å². The molecule has 7 nitrogen and oxygen atoms in total. The number of aryl methyl sites for hydroxylation is 1. The molecule has 2 rings (SSSR count). The number of ether oxygens (including phenoxy) is 1. The summed E-state index contributed by atoms with van der Waals surface area (Å²) < 4.78 is 21.1. The lowest BCUT2D eigenvalue weighted by Gasteiger charge is -2.15. The molecule has 1 fully saturated rings. The number of aromatic amines is 1. The van der Waals surface area contributed by atoms with Gasteiger partial charge in [0.1, 0.15) is 21.9 Å². The van der Waals surface area contributed by atoms with Crippen LogP contribution in [0.3, 0.4) is 0 Å². The average Bonchev–Trinajstić information content (AvgIpc) is 2.92. The van der Waals surface area contributed by atoms with Crippen LogP contribution in [0, 0.1) is 11.7 Å². The minimum absolute atomic E-state index is 0.140. The summed E-state index contributed by atoms with van der Waals surface area (Å²) in [6.45, 7) is 1.59. The predicted octanol–water partition coefficient (Wildman–Crippen LogP) is 0.944. The van der Waals surface area contributed by atoms with Crippen molar-refractivity contribution in [1.82, 2.24) is 9.55 Å². The monoisotopic (exact) mass is 362 g/mol. The molecule has 1 saturated heterocycles. The molecule has 0 amide bonds. The van der Waals surface area contributed by atoms with Gasteiger partial charge in [-0.25, -0.2) is 0 Å². The Morgan fingerprint density at radius 3 is 2.57 bits per heavy atom. The van der Waals surface area contributed by atoms with Crippen LogP contribution in [-0.4, -0.2) is 54.7 Å². The molecule has 4 radical (unpaired) electrons. The van der Waals surface area contributed by atoms with Crippen molar-refractivity contribution in [3.8, 4) is 0 Å². The van der Waals surface area contributed by atoms with Crippen molar-refractivity contribution in [3.63, 3.8) is 0 Å². The van der Waals surface area contributed by atoms with Gasteiger partial charge >= 0.3 is 8.60 Å². The van der Waals surface area contributed by atoms with Crippen LogP contribution in [-0.2, 0) is 9.26 Å². The number of nitrogens with zero attached hydrogens (tertiary/aromatic N) is 1. The van der Waals surface area contributed by atoms with Crippen LogP contribution in [0.25, 0.3) is 0 Å². The minimum Gasteiger partial charge on any atom is -0.365 e. The van der Waals surface area contributed by atoms with Crippen molar-refractivity contribution < 1.29 is 23.4 Å². The summed E-state index contributed by atoms with van der Waals surface area (Å²) in [4.78, 5) is 29.6. The van der Waals surface area contributed by atoms with E-state index in [0.717, 1.165) is 12.8 Å². The molecule has 1 unspecified atom stereocenters. The van der Waals surface area contributed by atoms with Gasteiger partial charge in [-0.3, -0.25) is 18.7 Å². The van der Waals surface area contributed by atoms with Gasteiger partial charge in [-0.2, -0.15) is 0 Å². The van der Waals surface area contributed by atoms with E-state index in [9.17, 15) is 9.18 Å². The molecular weight excluding hydrogens is 344 g/mol. The molecular formula is C11H18B2FN2O5PS. The van der Waals surface area contributed by atoms with Gasteiger partial charge in [0.15, 0.2) is 4.77 Å².